The highest BCUT2D eigenvalue weighted by atomic mass is 79.9. The van der Waals surface area contributed by atoms with E-state index < -0.39 is 11.9 Å². The number of nitrogens with one attached hydrogen (secondary N) is 1. The van der Waals surface area contributed by atoms with Crippen LogP contribution in [0.5, 0.6) is 5.75 Å². The van der Waals surface area contributed by atoms with Gasteiger partial charge in [0.15, 0.2) is 12.4 Å². The minimum atomic E-state index is -0.591. The smallest absolute Gasteiger partial charge is 0.343 e. The number of benzene rings is 2. The number of carbonyl (C=O) groups excluding carboxylic acids is 2. The minimum absolute atomic E-state index is 0.1000. The van der Waals surface area contributed by atoms with Gasteiger partial charge < -0.3 is 14.8 Å². The quantitative estimate of drug-likeness (QED) is 0.360. The number of hydrogen-bond acceptors (Lipinski definition) is 5. The molecule has 0 atom stereocenters. The molecule has 2 rings (SSSR count). The van der Waals surface area contributed by atoms with Crippen molar-refractivity contribution in [1.29, 1.82) is 5.26 Å². The Bertz CT molecular complexity index is 963. The van der Waals surface area contributed by atoms with Crippen LogP contribution in [0.3, 0.4) is 0 Å². The molecular formula is C19H13BrCl2N2O4. The summed E-state index contributed by atoms with van der Waals surface area (Å²) < 4.78 is 10.5. The van der Waals surface area contributed by atoms with Crippen LogP contribution in [0.1, 0.15) is 5.56 Å². The first-order valence-electron chi connectivity index (χ1n) is 7.71. The van der Waals surface area contributed by atoms with E-state index in [0.717, 1.165) is 4.47 Å². The number of methoxy groups -OCH3 is 1. The number of carbonyl (C=O) groups is 2. The van der Waals surface area contributed by atoms with Gasteiger partial charge in [-0.1, -0.05) is 45.2 Å². The van der Waals surface area contributed by atoms with E-state index in [1.807, 2.05) is 12.1 Å². The zero-order chi connectivity index (χ0) is 20.7. The van der Waals surface area contributed by atoms with Crippen molar-refractivity contribution in [3.8, 4) is 11.8 Å². The maximum absolute atomic E-state index is 12.3. The van der Waals surface area contributed by atoms with Gasteiger partial charge in [0, 0.05) is 10.2 Å². The Kier molecular flexibility index (Phi) is 7.88. The van der Waals surface area contributed by atoms with Crippen molar-refractivity contribution < 1.29 is 19.1 Å². The number of ether oxygens (including phenoxy) is 2. The van der Waals surface area contributed by atoms with E-state index in [1.54, 1.807) is 18.2 Å². The Hall–Kier alpha value is -2.53. The lowest BCUT2D eigenvalue weighted by molar-refractivity contribution is -0.142. The highest BCUT2D eigenvalue weighted by molar-refractivity contribution is 9.10. The molecule has 2 aromatic rings. The summed E-state index contributed by atoms with van der Waals surface area (Å²) in [6.45, 7) is -0.358. The van der Waals surface area contributed by atoms with Crippen LogP contribution < -0.4 is 10.1 Å². The normalized spacial score (nSPS) is 10.8. The molecule has 2 aromatic carbocycles. The number of hydrogen-bond donors (Lipinski definition) is 1. The van der Waals surface area contributed by atoms with E-state index in [9.17, 15) is 14.9 Å². The molecule has 0 unspecified atom stereocenters. The Morgan fingerprint density at radius 1 is 1.25 bits per heavy atom. The number of nitriles is 1. The van der Waals surface area contributed by atoms with Crippen molar-refractivity contribution in [3.63, 3.8) is 0 Å². The Labute approximate surface area is 179 Å². The van der Waals surface area contributed by atoms with E-state index in [1.165, 1.54) is 25.3 Å². The molecule has 0 bridgehead atoms. The van der Waals surface area contributed by atoms with Gasteiger partial charge in [0.1, 0.15) is 11.6 Å². The van der Waals surface area contributed by atoms with Crippen LogP contribution in [-0.2, 0) is 14.3 Å². The number of amides is 1. The number of rotatable bonds is 6. The van der Waals surface area contributed by atoms with Crippen LogP contribution in [0.25, 0.3) is 6.08 Å². The monoisotopic (exact) mass is 482 g/mol. The molecule has 0 heterocycles. The number of nitrogens with zero attached hydrogens (tertiary/aromatic N) is 1. The summed E-state index contributed by atoms with van der Waals surface area (Å²) in [7, 11) is 1.23. The van der Waals surface area contributed by atoms with Crippen molar-refractivity contribution in [2.45, 2.75) is 0 Å². The zero-order valence-corrected chi connectivity index (χ0v) is 17.6. The lowest BCUT2D eigenvalue weighted by Crippen LogP contribution is -2.13. The van der Waals surface area contributed by atoms with Crippen molar-refractivity contribution in [1.82, 2.24) is 0 Å². The third kappa shape index (κ3) is 5.99. The standard InChI is InChI=1S/C19H13BrCl2N2O4/c1-27-17(25)10-28-18-15(21)6-11(7-16(18)22)5-12(9-23)19(26)24-14-4-2-3-13(20)8-14/h2-8H,10H2,1H3,(H,24,26)/b12-5+. The Morgan fingerprint density at radius 3 is 2.50 bits per heavy atom. The molecule has 0 aliphatic rings. The van der Waals surface area contributed by atoms with E-state index in [2.05, 4.69) is 26.0 Å². The first kappa shape index (κ1) is 21.8. The second-order valence-electron chi connectivity index (χ2n) is 5.31. The third-order valence-electron chi connectivity index (χ3n) is 3.34. The fraction of sp³-hybridized carbons (Fsp3) is 0.105. The summed E-state index contributed by atoms with van der Waals surface area (Å²) in [5.74, 6) is -1.08. The second kappa shape index (κ2) is 10.1. The van der Waals surface area contributed by atoms with Crippen molar-refractivity contribution in [2.75, 3.05) is 19.0 Å². The highest BCUT2D eigenvalue weighted by Gasteiger charge is 2.14. The average molecular weight is 484 g/mol. The first-order valence-corrected chi connectivity index (χ1v) is 9.26. The molecule has 28 heavy (non-hydrogen) atoms. The lowest BCUT2D eigenvalue weighted by Gasteiger charge is -2.10. The molecule has 1 amide bonds. The van der Waals surface area contributed by atoms with Gasteiger partial charge in [-0.3, -0.25) is 4.79 Å². The largest absolute Gasteiger partial charge is 0.479 e. The van der Waals surface area contributed by atoms with Gasteiger partial charge in [-0.15, -0.1) is 0 Å². The van der Waals surface area contributed by atoms with Crippen LogP contribution in [0.15, 0.2) is 46.4 Å². The summed E-state index contributed by atoms with van der Waals surface area (Å²) in [6, 6.07) is 11.7. The van der Waals surface area contributed by atoms with Gasteiger partial charge in [-0.2, -0.15) is 5.26 Å². The molecule has 0 radical (unpaired) electrons. The Balaban J connectivity index is 2.22. The lowest BCUT2D eigenvalue weighted by atomic mass is 10.1. The summed E-state index contributed by atoms with van der Waals surface area (Å²) in [5, 5.41) is 12.2. The molecule has 144 valence electrons. The maximum Gasteiger partial charge on any atom is 0.343 e. The van der Waals surface area contributed by atoms with E-state index in [0.29, 0.717) is 11.3 Å². The average Bonchev–Trinajstić information content (AvgIpc) is 2.65. The molecule has 0 aliphatic carbocycles. The molecule has 0 aromatic heterocycles. The van der Waals surface area contributed by atoms with Crippen molar-refractivity contribution >= 4 is 62.8 Å². The molecule has 0 fully saturated rings. The van der Waals surface area contributed by atoms with E-state index in [4.69, 9.17) is 27.9 Å². The minimum Gasteiger partial charge on any atom is -0.479 e. The van der Waals surface area contributed by atoms with E-state index in [-0.39, 0.29) is 28.0 Å². The topological polar surface area (TPSA) is 88.4 Å². The second-order valence-corrected chi connectivity index (χ2v) is 7.04. The van der Waals surface area contributed by atoms with Gasteiger partial charge in [-0.05, 0) is 42.0 Å². The fourth-order valence-corrected chi connectivity index (χ4v) is 3.08. The predicted octanol–water partition coefficient (Wildman–Crippen LogP) is 4.85. The van der Waals surface area contributed by atoms with Crippen LogP contribution >= 0.6 is 39.1 Å². The summed E-state index contributed by atoms with van der Waals surface area (Å²) in [6.07, 6.45) is 1.34. The van der Waals surface area contributed by atoms with Crippen molar-refractivity contribution in [2.24, 2.45) is 0 Å². The number of esters is 1. The molecule has 1 N–H and O–H groups in total. The van der Waals surface area contributed by atoms with Gasteiger partial charge in [0.2, 0.25) is 0 Å². The molecule has 0 saturated carbocycles. The molecule has 0 saturated heterocycles. The SMILES string of the molecule is COC(=O)COc1c(Cl)cc(/C=C(\C#N)C(=O)Nc2cccc(Br)c2)cc1Cl. The van der Waals surface area contributed by atoms with Gasteiger partial charge >= 0.3 is 5.97 Å². The van der Waals surface area contributed by atoms with Crippen LogP contribution in [0.2, 0.25) is 10.0 Å². The Morgan fingerprint density at radius 2 is 1.93 bits per heavy atom. The van der Waals surface area contributed by atoms with Crippen LogP contribution in [0, 0.1) is 11.3 Å². The van der Waals surface area contributed by atoms with Gasteiger partial charge in [0.25, 0.3) is 5.91 Å². The van der Waals surface area contributed by atoms with Gasteiger partial charge in [0.05, 0.1) is 17.2 Å². The number of anilines is 1. The van der Waals surface area contributed by atoms with Crippen LogP contribution in [0.4, 0.5) is 5.69 Å². The molecular weight excluding hydrogens is 471 g/mol. The third-order valence-corrected chi connectivity index (χ3v) is 4.40. The molecule has 0 spiro atoms. The fourth-order valence-electron chi connectivity index (χ4n) is 2.07. The maximum atomic E-state index is 12.3. The van der Waals surface area contributed by atoms with Crippen molar-refractivity contribution in [3.05, 3.63) is 62.1 Å². The summed E-state index contributed by atoms with van der Waals surface area (Å²) in [5.41, 5.74) is 0.805. The molecule has 9 heteroatoms. The predicted molar refractivity (Wildman–Crippen MR) is 110 cm³/mol. The first-order chi connectivity index (χ1) is 13.3. The van der Waals surface area contributed by atoms with E-state index >= 15 is 0 Å². The molecule has 0 aliphatic heterocycles. The van der Waals surface area contributed by atoms with Crippen LogP contribution in [-0.4, -0.2) is 25.6 Å². The number of halogens is 3. The molecule has 6 nitrogen and oxygen atoms in total. The summed E-state index contributed by atoms with van der Waals surface area (Å²) in [4.78, 5) is 23.5. The zero-order valence-electron chi connectivity index (χ0n) is 14.5. The summed E-state index contributed by atoms with van der Waals surface area (Å²) >= 11 is 15.6. The van der Waals surface area contributed by atoms with Gasteiger partial charge in [-0.25, -0.2) is 4.79 Å². The highest BCUT2D eigenvalue weighted by Crippen LogP contribution is 2.35.